The molecular weight excluding hydrogens is 424 g/mol. The molecule has 2 aromatic rings. The molecule has 0 bridgehead atoms. The molecule has 0 aliphatic heterocycles. The molecule has 0 fully saturated rings. The Bertz CT molecular complexity index is 1010. The van der Waals surface area contributed by atoms with Crippen molar-refractivity contribution in [2.24, 2.45) is 0 Å². The molecule has 2 amide bonds. The fourth-order valence-corrected chi connectivity index (χ4v) is 2.66. The number of anilines is 1. The van der Waals surface area contributed by atoms with Gasteiger partial charge in [-0.3, -0.25) is 4.79 Å². The summed E-state index contributed by atoms with van der Waals surface area (Å²) in [5, 5.41) is 14.6. The van der Waals surface area contributed by atoms with Crippen molar-refractivity contribution in [1.82, 2.24) is 10.3 Å². The standard InChI is InChI=1S/C24H30N4O5/c1-7-19(33-23(30)28-24(4,5)6)22(29)27-17-9-11-21(26-14-17)32-18-10-8-16(13-25)20(12-18)31-15(2)3/h8-12,14-15,19H,7H2,1-6H3,(H,27,29)(H,28,30)/t19-/m1/s1. The summed E-state index contributed by atoms with van der Waals surface area (Å²) in [6.07, 6.45) is 0.0572. The lowest BCUT2D eigenvalue weighted by Gasteiger charge is -2.22. The second-order valence-electron chi connectivity index (χ2n) is 8.59. The van der Waals surface area contributed by atoms with Crippen LogP contribution in [0.5, 0.6) is 17.4 Å². The van der Waals surface area contributed by atoms with E-state index in [1.165, 1.54) is 6.20 Å². The molecule has 176 valence electrons. The summed E-state index contributed by atoms with van der Waals surface area (Å²) in [5.41, 5.74) is 0.364. The first-order valence-electron chi connectivity index (χ1n) is 10.6. The van der Waals surface area contributed by atoms with E-state index in [0.29, 0.717) is 35.1 Å². The van der Waals surface area contributed by atoms with E-state index in [1.54, 1.807) is 37.3 Å². The first-order chi connectivity index (χ1) is 15.5. The van der Waals surface area contributed by atoms with E-state index in [2.05, 4.69) is 21.7 Å². The summed E-state index contributed by atoms with van der Waals surface area (Å²) in [5.74, 6) is 0.717. The Kier molecular flexibility index (Phi) is 8.63. The molecule has 0 saturated heterocycles. The summed E-state index contributed by atoms with van der Waals surface area (Å²) < 4.78 is 16.6. The lowest BCUT2D eigenvalue weighted by atomic mass is 10.1. The van der Waals surface area contributed by atoms with Crippen molar-refractivity contribution in [2.45, 2.75) is 65.7 Å². The largest absolute Gasteiger partial charge is 0.489 e. The number of hydrogen-bond acceptors (Lipinski definition) is 7. The highest BCUT2D eigenvalue weighted by Gasteiger charge is 2.23. The van der Waals surface area contributed by atoms with Crippen LogP contribution in [0.3, 0.4) is 0 Å². The Morgan fingerprint density at radius 1 is 1.18 bits per heavy atom. The normalized spacial score (nSPS) is 11.8. The van der Waals surface area contributed by atoms with Crippen molar-refractivity contribution >= 4 is 17.7 Å². The van der Waals surface area contributed by atoms with Crippen LogP contribution in [0, 0.1) is 11.3 Å². The molecular formula is C24H30N4O5. The zero-order valence-electron chi connectivity index (χ0n) is 19.8. The van der Waals surface area contributed by atoms with Gasteiger partial charge in [-0.05, 0) is 59.2 Å². The van der Waals surface area contributed by atoms with Crippen LogP contribution in [-0.2, 0) is 9.53 Å². The van der Waals surface area contributed by atoms with Gasteiger partial charge < -0.3 is 24.8 Å². The first kappa shape index (κ1) is 25.5. The van der Waals surface area contributed by atoms with E-state index in [-0.39, 0.29) is 6.10 Å². The fraction of sp³-hybridized carbons (Fsp3) is 0.417. The fourth-order valence-electron chi connectivity index (χ4n) is 2.66. The van der Waals surface area contributed by atoms with Crippen molar-refractivity contribution in [2.75, 3.05) is 5.32 Å². The van der Waals surface area contributed by atoms with Gasteiger partial charge in [0.2, 0.25) is 5.88 Å². The van der Waals surface area contributed by atoms with Crippen LogP contribution < -0.4 is 20.1 Å². The first-order valence-corrected chi connectivity index (χ1v) is 10.6. The smallest absolute Gasteiger partial charge is 0.408 e. The molecule has 0 aliphatic rings. The number of carbonyl (C=O) groups excluding carboxylic acids is 2. The number of alkyl carbamates (subject to hydrolysis) is 1. The third-order valence-corrected chi connectivity index (χ3v) is 4.05. The number of pyridine rings is 1. The minimum atomic E-state index is -0.943. The third kappa shape index (κ3) is 8.33. The number of nitriles is 1. The number of benzene rings is 1. The highest BCUT2D eigenvalue weighted by Crippen LogP contribution is 2.28. The SMILES string of the molecule is CC[C@@H](OC(=O)NC(C)(C)C)C(=O)Nc1ccc(Oc2ccc(C#N)c(OC(C)C)c2)nc1. The van der Waals surface area contributed by atoms with Crippen molar-refractivity contribution in [3.05, 3.63) is 42.1 Å². The Morgan fingerprint density at radius 3 is 2.45 bits per heavy atom. The van der Waals surface area contributed by atoms with E-state index >= 15 is 0 Å². The molecule has 0 radical (unpaired) electrons. The highest BCUT2D eigenvalue weighted by molar-refractivity contribution is 5.95. The number of nitrogens with one attached hydrogen (secondary N) is 2. The topological polar surface area (TPSA) is 123 Å². The third-order valence-electron chi connectivity index (χ3n) is 4.05. The minimum absolute atomic E-state index is 0.0937. The quantitative estimate of drug-likeness (QED) is 0.589. The summed E-state index contributed by atoms with van der Waals surface area (Å²) in [4.78, 5) is 28.6. The van der Waals surface area contributed by atoms with Crippen LogP contribution in [0.25, 0.3) is 0 Å². The Balaban J connectivity index is 2.01. The lowest BCUT2D eigenvalue weighted by Crippen LogP contribution is -2.44. The summed E-state index contributed by atoms with van der Waals surface area (Å²) >= 11 is 0. The van der Waals surface area contributed by atoms with Gasteiger partial charge in [0.05, 0.1) is 23.6 Å². The monoisotopic (exact) mass is 454 g/mol. The molecule has 33 heavy (non-hydrogen) atoms. The van der Waals surface area contributed by atoms with Gasteiger partial charge in [-0.1, -0.05) is 6.92 Å². The number of carbonyl (C=O) groups is 2. The van der Waals surface area contributed by atoms with Gasteiger partial charge in [0, 0.05) is 17.7 Å². The Morgan fingerprint density at radius 2 is 1.91 bits per heavy atom. The molecule has 1 atom stereocenters. The Labute approximate surface area is 194 Å². The number of ether oxygens (including phenoxy) is 3. The van der Waals surface area contributed by atoms with Gasteiger partial charge >= 0.3 is 6.09 Å². The second-order valence-corrected chi connectivity index (χ2v) is 8.59. The van der Waals surface area contributed by atoms with E-state index in [4.69, 9.17) is 14.2 Å². The minimum Gasteiger partial charge on any atom is -0.489 e. The molecule has 0 spiro atoms. The summed E-state index contributed by atoms with van der Waals surface area (Å²) in [7, 11) is 0. The van der Waals surface area contributed by atoms with E-state index in [9.17, 15) is 14.9 Å². The average Bonchev–Trinajstić information content (AvgIpc) is 2.72. The van der Waals surface area contributed by atoms with Crippen molar-refractivity contribution < 1.29 is 23.8 Å². The summed E-state index contributed by atoms with van der Waals surface area (Å²) in [6, 6.07) is 10.2. The lowest BCUT2D eigenvalue weighted by molar-refractivity contribution is -0.124. The van der Waals surface area contributed by atoms with Gasteiger partial charge in [-0.25, -0.2) is 9.78 Å². The van der Waals surface area contributed by atoms with E-state index in [1.807, 2.05) is 34.6 Å². The zero-order valence-corrected chi connectivity index (χ0v) is 19.8. The van der Waals surface area contributed by atoms with Crippen LogP contribution in [0.4, 0.5) is 10.5 Å². The molecule has 0 aliphatic carbocycles. The maximum absolute atomic E-state index is 12.5. The molecule has 1 heterocycles. The van der Waals surface area contributed by atoms with Crippen molar-refractivity contribution in [3.63, 3.8) is 0 Å². The number of hydrogen-bond donors (Lipinski definition) is 2. The molecule has 2 rings (SSSR count). The molecule has 1 aromatic heterocycles. The number of aromatic nitrogens is 1. The molecule has 0 saturated carbocycles. The Hall–Kier alpha value is -3.80. The van der Waals surface area contributed by atoms with Crippen LogP contribution in [0.1, 0.15) is 53.5 Å². The van der Waals surface area contributed by atoms with E-state index in [0.717, 1.165) is 0 Å². The molecule has 1 aromatic carbocycles. The van der Waals surface area contributed by atoms with Gasteiger partial charge in [-0.15, -0.1) is 0 Å². The molecule has 9 nitrogen and oxygen atoms in total. The average molecular weight is 455 g/mol. The van der Waals surface area contributed by atoms with Crippen LogP contribution >= 0.6 is 0 Å². The highest BCUT2D eigenvalue weighted by atomic mass is 16.6. The maximum Gasteiger partial charge on any atom is 0.408 e. The predicted molar refractivity (Wildman–Crippen MR) is 123 cm³/mol. The molecule has 9 heteroatoms. The zero-order chi connectivity index (χ0) is 24.6. The predicted octanol–water partition coefficient (Wildman–Crippen LogP) is 4.77. The van der Waals surface area contributed by atoms with E-state index < -0.39 is 23.6 Å². The van der Waals surface area contributed by atoms with Crippen LogP contribution in [0.2, 0.25) is 0 Å². The van der Waals surface area contributed by atoms with Gasteiger partial charge in [0.1, 0.15) is 17.6 Å². The van der Waals surface area contributed by atoms with Gasteiger partial charge in [-0.2, -0.15) is 5.26 Å². The van der Waals surface area contributed by atoms with Gasteiger partial charge in [0.25, 0.3) is 5.91 Å². The summed E-state index contributed by atoms with van der Waals surface area (Å²) in [6.45, 7) is 10.9. The van der Waals surface area contributed by atoms with Crippen molar-refractivity contribution in [3.8, 4) is 23.4 Å². The number of nitrogens with zero attached hydrogens (tertiary/aromatic N) is 2. The van der Waals surface area contributed by atoms with Crippen LogP contribution in [0.15, 0.2) is 36.5 Å². The van der Waals surface area contributed by atoms with Gasteiger partial charge in [0.15, 0.2) is 6.10 Å². The van der Waals surface area contributed by atoms with Crippen molar-refractivity contribution in [1.29, 1.82) is 5.26 Å². The number of rotatable bonds is 8. The number of amides is 2. The molecule has 0 unspecified atom stereocenters. The maximum atomic E-state index is 12.5. The molecule has 2 N–H and O–H groups in total. The van der Waals surface area contributed by atoms with Crippen LogP contribution in [-0.4, -0.2) is 34.7 Å². The second kappa shape index (κ2) is 11.2.